The quantitative estimate of drug-likeness (QED) is 0.589. The number of rotatable bonds is 3. The van der Waals surface area contributed by atoms with Gasteiger partial charge in [0.05, 0.1) is 16.3 Å². The molecule has 1 aliphatic heterocycles. The fourth-order valence-electron chi connectivity index (χ4n) is 2.30. The predicted octanol–water partition coefficient (Wildman–Crippen LogP) is 4.07. The van der Waals surface area contributed by atoms with Crippen LogP contribution in [-0.4, -0.2) is 23.6 Å². The van der Waals surface area contributed by atoms with E-state index in [2.05, 4.69) is 15.9 Å². The maximum absolute atomic E-state index is 14.1. The van der Waals surface area contributed by atoms with Crippen molar-refractivity contribution in [3.8, 4) is 0 Å². The summed E-state index contributed by atoms with van der Waals surface area (Å²) in [4.78, 5) is 25.4. The Balaban J connectivity index is 2.47. The number of benzene rings is 1. The summed E-state index contributed by atoms with van der Waals surface area (Å²) >= 11 is 9.38. The van der Waals surface area contributed by atoms with Crippen molar-refractivity contribution in [2.45, 2.75) is 20.8 Å². The average Bonchev–Trinajstić information content (AvgIpc) is 2.64. The van der Waals surface area contributed by atoms with Gasteiger partial charge in [0.25, 0.3) is 11.7 Å². The van der Waals surface area contributed by atoms with Gasteiger partial charge >= 0.3 is 0 Å². The highest BCUT2D eigenvalue weighted by Gasteiger charge is 2.41. The molecule has 0 fully saturated rings. The third-order valence-corrected chi connectivity index (χ3v) is 4.92. The summed E-state index contributed by atoms with van der Waals surface area (Å²) in [7, 11) is 0. The minimum atomic E-state index is -0.739. The van der Waals surface area contributed by atoms with Crippen LogP contribution in [0.1, 0.15) is 31.1 Å². The van der Waals surface area contributed by atoms with Crippen LogP contribution in [0.15, 0.2) is 12.1 Å². The van der Waals surface area contributed by atoms with E-state index in [1.807, 2.05) is 20.8 Å². The lowest BCUT2D eigenvalue weighted by Crippen LogP contribution is -2.39. The van der Waals surface area contributed by atoms with E-state index >= 15 is 0 Å². The van der Waals surface area contributed by atoms with Gasteiger partial charge in [-0.2, -0.15) is 0 Å². The smallest absolute Gasteiger partial charge is 0.299 e. The predicted molar refractivity (Wildman–Crippen MR) is 84.8 cm³/mol. The molecule has 1 heterocycles. The standard InChI is InChI=1S/C15H16BrClFNO2/c1-15(2,3)8(6-16)7-19-12-10(18)5-4-9(17)11(12)13(20)14(19)21/h4-5,8H,6-7H2,1-3H3. The van der Waals surface area contributed by atoms with Crippen LogP contribution in [0.25, 0.3) is 0 Å². The van der Waals surface area contributed by atoms with E-state index in [9.17, 15) is 14.0 Å². The van der Waals surface area contributed by atoms with Gasteiger partial charge in [-0.1, -0.05) is 48.3 Å². The Morgan fingerprint density at radius 1 is 1.33 bits per heavy atom. The number of anilines is 1. The van der Waals surface area contributed by atoms with Gasteiger partial charge in [-0.3, -0.25) is 9.59 Å². The fourth-order valence-corrected chi connectivity index (χ4v) is 3.72. The van der Waals surface area contributed by atoms with Gasteiger partial charge in [-0.15, -0.1) is 0 Å². The first-order valence-corrected chi connectivity index (χ1v) is 8.08. The Morgan fingerprint density at radius 2 is 1.95 bits per heavy atom. The monoisotopic (exact) mass is 375 g/mol. The maximum atomic E-state index is 14.1. The zero-order valence-corrected chi connectivity index (χ0v) is 14.4. The lowest BCUT2D eigenvalue weighted by Gasteiger charge is -2.32. The van der Waals surface area contributed by atoms with Crippen LogP contribution >= 0.6 is 27.5 Å². The molecule has 0 saturated heterocycles. The highest BCUT2D eigenvalue weighted by molar-refractivity contribution is 9.09. The third kappa shape index (κ3) is 2.86. The van der Waals surface area contributed by atoms with Crippen LogP contribution in [0.5, 0.6) is 0 Å². The van der Waals surface area contributed by atoms with Gasteiger partial charge in [0.15, 0.2) is 0 Å². The second-order valence-electron chi connectivity index (χ2n) is 6.21. The molecule has 1 unspecified atom stereocenters. The topological polar surface area (TPSA) is 37.4 Å². The SMILES string of the molecule is CC(C)(C)C(CBr)CN1C(=O)C(=O)c2c(Cl)ccc(F)c21. The number of fused-ring (bicyclic) bond motifs is 1. The highest BCUT2D eigenvalue weighted by Crippen LogP contribution is 2.39. The number of carbonyl (C=O) groups excluding carboxylic acids is 2. The van der Waals surface area contributed by atoms with Crippen molar-refractivity contribution < 1.29 is 14.0 Å². The first-order valence-electron chi connectivity index (χ1n) is 6.58. The first kappa shape index (κ1) is 16.4. The number of alkyl halides is 1. The summed E-state index contributed by atoms with van der Waals surface area (Å²) in [5.41, 5.74) is -0.110. The van der Waals surface area contributed by atoms with Gasteiger partial charge in [0.1, 0.15) is 5.82 Å². The van der Waals surface area contributed by atoms with Gasteiger partial charge < -0.3 is 4.90 Å². The summed E-state index contributed by atoms with van der Waals surface area (Å²) in [5, 5.41) is 0.754. The van der Waals surface area contributed by atoms with E-state index in [0.717, 1.165) is 0 Å². The van der Waals surface area contributed by atoms with E-state index in [1.54, 1.807) is 0 Å². The van der Waals surface area contributed by atoms with Crippen molar-refractivity contribution in [3.05, 3.63) is 28.5 Å². The minimum Gasteiger partial charge on any atom is -0.302 e. The van der Waals surface area contributed by atoms with Crippen molar-refractivity contribution in [1.82, 2.24) is 0 Å². The molecule has 1 aromatic carbocycles. The Labute approximate surface area is 136 Å². The summed E-state index contributed by atoms with van der Waals surface area (Å²) < 4.78 is 14.1. The number of carbonyl (C=O) groups is 2. The minimum absolute atomic E-state index is 0.00713. The number of halogens is 3. The maximum Gasteiger partial charge on any atom is 0.299 e. The van der Waals surface area contributed by atoms with Gasteiger partial charge in [0, 0.05) is 11.9 Å². The van der Waals surface area contributed by atoms with Crippen LogP contribution in [0.4, 0.5) is 10.1 Å². The molecule has 21 heavy (non-hydrogen) atoms. The van der Waals surface area contributed by atoms with Crippen molar-refractivity contribution in [1.29, 1.82) is 0 Å². The van der Waals surface area contributed by atoms with Crippen molar-refractivity contribution >= 4 is 44.9 Å². The zero-order valence-electron chi connectivity index (χ0n) is 12.0. The molecule has 0 aromatic heterocycles. The Morgan fingerprint density at radius 3 is 2.48 bits per heavy atom. The summed E-state index contributed by atoms with van der Waals surface area (Å²) in [6.07, 6.45) is 0. The summed E-state index contributed by atoms with van der Waals surface area (Å²) in [6, 6.07) is 2.48. The largest absolute Gasteiger partial charge is 0.302 e. The summed E-state index contributed by atoms with van der Waals surface area (Å²) in [5.74, 6) is -1.99. The second kappa shape index (κ2) is 5.69. The van der Waals surface area contributed by atoms with E-state index in [4.69, 9.17) is 11.6 Å². The molecule has 0 saturated carbocycles. The molecule has 0 bridgehead atoms. The third-order valence-electron chi connectivity index (χ3n) is 3.83. The molecule has 1 aromatic rings. The second-order valence-corrected chi connectivity index (χ2v) is 7.27. The number of hydrogen-bond acceptors (Lipinski definition) is 2. The molecular weight excluding hydrogens is 361 g/mol. The zero-order chi connectivity index (χ0) is 15.9. The molecule has 1 amide bonds. The molecule has 1 atom stereocenters. The molecule has 1 aliphatic rings. The van der Waals surface area contributed by atoms with Crippen molar-refractivity contribution in [3.63, 3.8) is 0 Å². The molecule has 3 nitrogen and oxygen atoms in total. The van der Waals surface area contributed by atoms with Gasteiger partial charge in [0.2, 0.25) is 0 Å². The Bertz CT molecular complexity index is 612. The normalized spacial score (nSPS) is 16.4. The van der Waals surface area contributed by atoms with E-state index in [1.165, 1.54) is 17.0 Å². The Kier molecular flexibility index (Phi) is 4.45. The molecule has 6 heteroatoms. The number of ketones is 1. The molecule has 114 valence electrons. The molecule has 0 N–H and O–H groups in total. The highest BCUT2D eigenvalue weighted by atomic mass is 79.9. The lowest BCUT2D eigenvalue weighted by atomic mass is 9.82. The van der Waals surface area contributed by atoms with E-state index in [0.29, 0.717) is 5.33 Å². The molecule has 0 radical (unpaired) electrons. The molecule has 2 rings (SSSR count). The van der Waals surface area contributed by atoms with Crippen molar-refractivity contribution in [2.24, 2.45) is 11.3 Å². The van der Waals surface area contributed by atoms with Gasteiger partial charge in [-0.25, -0.2) is 4.39 Å². The fraction of sp³-hybridized carbons (Fsp3) is 0.467. The number of nitrogens with zero attached hydrogens (tertiary/aromatic N) is 1. The van der Waals surface area contributed by atoms with Crippen molar-refractivity contribution in [2.75, 3.05) is 16.8 Å². The van der Waals surface area contributed by atoms with Crippen LogP contribution in [-0.2, 0) is 4.79 Å². The Hall–Kier alpha value is -0.940. The summed E-state index contributed by atoms with van der Waals surface area (Å²) in [6.45, 7) is 6.38. The average molecular weight is 377 g/mol. The number of hydrogen-bond donors (Lipinski definition) is 0. The van der Waals surface area contributed by atoms with Crippen LogP contribution in [0.2, 0.25) is 5.02 Å². The van der Waals surface area contributed by atoms with E-state index < -0.39 is 17.5 Å². The molecular formula is C15H16BrClFNO2. The van der Waals surface area contributed by atoms with Crippen LogP contribution < -0.4 is 4.90 Å². The van der Waals surface area contributed by atoms with Crippen LogP contribution in [0, 0.1) is 17.2 Å². The first-order chi connectivity index (χ1) is 9.68. The molecule has 0 spiro atoms. The number of amides is 1. The lowest BCUT2D eigenvalue weighted by molar-refractivity contribution is -0.114. The van der Waals surface area contributed by atoms with E-state index in [-0.39, 0.29) is 34.2 Å². The van der Waals surface area contributed by atoms with Crippen LogP contribution in [0.3, 0.4) is 0 Å². The molecule has 0 aliphatic carbocycles. The number of Topliss-reactive ketones (excluding diaryl/α,β-unsaturated/α-hetero) is 1. The van der Waals surface area contributed by atoms with Gasteiger partial charge in [-0.05, 0) is 23.5 Å².